The quantitative estimate of drug-likeness (QED) is 0.288. The molecule has 3 aromatic carbocycles. The van der Waals surface area contributed by atoms with Crippen molar-refractivity contribution in [2.45, 2.75) is 17.7 Å². The van der Waals surface area contributed by atoms with Crippen LogP contribution in [0.1, 0.15) is 23.6 Å². The Morgan fingerprint density at radius 2 is 1.28 bits per heavy atom. The number of carbonyl (C=O) groups excluding carboxylic acids is 2. The van der Waals surface area contributed by atoms with E-state index in [1.54, 1.807) is 18.7 Å². The Hall–Kier alpha value is -3.31. The van der Waals surface area contributed by atoms with E-state index >= 15 is 0 Å². The Labute approximate surface area is 193 Å². The van der Waals surface area contributed by atoms with E-state index in [9.17, 15) is 9.59 Å². The lowest BCUT2D eigenvalue weighted by atomic mass is 9.84. The molecule has 0 spiro atoms. The van der Waals surface area contributed by atoms with Crippen molar-refractivity contribution in [2.75, 3.05) is 12.9 Å². The van der Waals surface area contributed by atoms with Gasteiger partial charge in [-0.2, -0.15) is 0 Å². The van der Waals surface area contributed by atoms with Gasteiger partial charge in [-0.15, -0.1) is 11.8 Å². The van der Waals surface area contributed by atoms with Gasteiger partial charge >= 0.3 is 5.97 Å². The van der Waals surface area contributed by atoms with Crippen molar-refractivity contribution < 1.29 is 14.3 Å². The van der Waals surface area contributed by atoms with Crippen LogP contribution in [-0.4, -0.2) is 30.8 Å². The molecule has 3 rings (SSSR count). The molecule has 0 fully saturated rings. The van der Waals surface area contributed by atoms with Crippen molar-refractivity contribution in [3.63, 3.8) is 0 Å². The number of amides is 1. The van der Waals surface area contributed by atoms with Gasteiger partial charge in [0.1, 0.15) is 6.04 Å². The van der Waals surface area contributed by atoms with Crippen molar-refractivity contribution >= 4 is 23.6 Å². The van der Waals surface area contributed by atoms with Gasteiger partial charge in [0.2, 0.25) is 5.91 Å². The average molecular weight is 446 g/mol. The molecule has 0 aliphatic heterocycles. The highest BCUT2D eigenvalue weighted by molar-refractivity contribution is 8.00. The normalized spacial score (nSPS) is 11.9. The predicted molar refractivity (Wildman–Crippen MR) is 130 cm³/mol. The van der Waals surface area contributed by atoms with Gasteiger partial charge in [-0.25, -0.2) is 4.79 Å². The highest BCUT2D eigenvalue weighted by atomic mass is 32.2. The maximum atomic E-state index is 12.5. The molecule has 0 unspecified atom stereocenters. The third kappa shape index (κ3) is 5.11. The van der Waals surface area contributed by atoms with Crippen LogP contribution in [0.5, 0.6) is 0 Å². The lowest BCUT2D eigenvalue weighted by Crippen LogP contribution is -2.44. The van der Waals surface area contributed by atoms with E-state index in [1.807, 2.05) is 54.6 Å². The SMILES string of the molecule is C=C(C)C(=O)N[C@@H](CSC(c1ccccc1)(c1ccccc1)c1ccccc1)C(=O)OC. The molecule has 0 saturated heterocycles. The minimum absolute atomic E-state index is 0.310. The molecule has 164 valence electrons. The van der Waals surface area contributed by atoms with Crippen LogP contribution < -0.4 is 5.32 Å². The highest BCUT2D eigenvalue weighted by Crippen LogP contribution is 2.48. The molecule has 5 heteroatoms. The second-order valence-electron chi connectivity index (χ2n) is 7.42. The number of thioether (sulfide) groups is 1. The number of nitrogens with one attached hydrogen (secondary N) is 1. The fraction of sp³-hybridized carbons (Fsp3) is 0.185. The minimum Gasteiger partial charge on any atom is -0.467 e. The van der Waals surface area contributed by atoms with Gasteiger partial charge in [0.25, 0.3) is 0 Å². The number of hydrogen-bond acceptors (Lipinski definition) is 4. The van der Waals surface area contributed by atoms with Gasteiger partial charge in [0.05, 0.1) is 11.9 Å². The van der Waals surface area contributed by atoms with E-state index in [-0.39, 0.29) is 5.91 Å². The number of esters is 1. The fourth-order valence-electron chi connectivity index (χ4n) is 3.57. The molecular weight excluding hydrogens is 418 g/mol. The molecule has 32 heavy (non-hydrogen) atoms. The maximum absolute atomic E-state index is 12.5. The van der Waals surface area contributed by atoms with Crippen LogP contribution in [0.4, 0.5) is 0 Å². The summed E-state index contributed by atoms with van der Waals surface area (Å²) in [4.78, 5) is 24.8. The molecule has 4 nitrogen and oxygen atoms in total. The molecule has 0 aliphatic carbocycles. The standard InChI is InChI=1S/C27H27NO3S/c1-20(2)25(29)28-24(26(30)31-3)19-32-27(21-13-7-4-8-14-21,22-15-9-5-10-16-22)23-17-11-6-12-18-23/h4-18,24H,1,19H2,2-3H3,(H,28,29)/t24-/m0/s1. The maximum Gasteiger partial charge on any atom is 0.329 e. The number of rotatable bonds is 9. The van der Waals surface area contributed by atoms with E-state index in [4.69, 9.17) is 4.74 Å². The number of carbonyl (C=O) groups is 2. The Morgan fingerprint density at radius 3 is 1.62 bits per heavy atom. The van der Waals surface area contributed by atoms with Crippen molar-refractivity contribution in [1.29, 1.82) is 0 Å². The van der Waals surface area contributed by atoms with Gasteiger partial charge in [-0.1, -0.05) is 97.6 Å². The van der Waals surface area contributed by atoms with Crippen LogP contribution in [0.3, 0.4) is 0 Å². The van der Waals surface area contributed by atoms with Crippen molar-refractivity contribution in [1.82, 2.24) is 5.32 Å². The van der Waals surface area contributed by atoms with E-state index in [0.29, 0.717) is 11.3 Å². The van der Waals surface area contributed by atoms with Gasteiger partial charge in [0.15, 0.2) is 0 Å². The minimum atomic E-state index is -0.815. The molecule has 0 aromatic heterocycles. The second-order valence-corrected chi connectivity index (χ2v) is 8.65. The summed E-state index contributed by atoms with van der Waals surface area (Å²) in [7, 11) is 1.33. The van der Waals surface area contributed by atoms with Crippen LogP contribution in [0.25, 0.3) is 0 Å². The second kappa shape index (κ2) is 10.8. The first kappa shape index (κ1) is 23.4. The first-order chi connectivity index (χ1) is 15.5. The van der Waals surface area contributed by atoms with Gasteiger partial charge < -0.3 is 10.1 Å². The van der Waals surface area contributed by atoms with Crippen molar-refractivity contribution in [3.05, 3.63) is 120 Å². The van der Waals surface area contributed by atoms with Crippen LogP contribution in [0, 0.1) is 0 Å². The topological polar surface area (TPSA) is 55.4 Å². The monoisotopic (exact) mass is 445 g/mol. The Balaban J connectivity index is 2.11. The summed E-state index contributed by atoms with van der Waals surface area (Å²) in [6.07, 6.45) is 0. The molecular formula is C27H27NO3S. The molecule has 0 bridgehead atoms. The fourth-order valence-corrected chi connectivity index (χ4v) is 5.11. The van der Waals surface area contributed by atoms with Crippen molar-refractivity contribution in [2.24, 2.45) is 0 Å². The summed E-state index contributed by atoms with van der Waals surface area (Å²) >= 11 is 1.59. The van der Waals surface area contributed by atoms with E-state index < -0.39 is 16.8 Å². The number of hydrogen-bond donors (Lipinski definition) is 1. The molecule has 1 N–H and O–H groups in total. The van der Waals surface area contributed by atoms with Crippen LogP contribution in [0.15, 0.2) is 103 Å². The van der Waals surface area contributed by atoms with E-state index in [0.717, 1.165) is 16.7 Å². The zero-order valence-electron chi connectivity index (χ0n) is 18.3. The third-order valence-corrected chi connectivity index (χ3v) is 6.83. The number of methoxy groups -OCH3 is 1. The summed E-state index contributed by atoms with van der Waals surface area (Å²) in [6.45, 7) is 5.28. The molecule has 1 amide bonds. The lowest BCUT2D eigenvalue weighted by molar-refractivity contribution is -0.143. The zero-order chi connectivity index (χ0) is 23.0. The summed E-state index contributed by atoms with van der Waals surface area (Å²) in [5.41, 5.74) is 3.58. The summed E-state index contributed by atoms with van der Waals surface area (Å²) in [6, 6.07) is 29.7. The van der Waals surface area contributed by atoms with Crippen LogP contribution in [-0.2, 0) is 19.1 Å². The summed E-state index contributed by atoms with van der Waals surface area (Å²) in [5, 5.41) is 2.76. The molecule has 0 saturated carbocycles. The predicted octanol–water partition coefficient (Wildman–Crippen LogP) is 4.95. The average Bonchev–Trinajstić information content (AvgIpc) is 2.85. The summed E-state index contributed by atoms with van der Waals surface area (Å²) < 4.78 is 4.39. The van der Waals surface area contributed by atoms with E-state index in [1.165, 1.54) is 7.11 Å². The largest absolute Gasteiger partial charge is 0.467 e. The zero-order valence-corrected chi connectivity index (χ0v) is 19.1. The molecule has 0 aliphatic rings. The van der Waals surface area contributed by atoms with Crippen molar-refractivity contribution in [3.8, 4) is 0 Å². The smallest absolute Gasteiger partial charge is 0.329 e. The van der Waals surface area contributed by atoms with E-state index in [2.05, 4.69) is 48.3 Å². The molecule has 0 heterocycles. The molecule has 3 aromatic rings. The number of ether oxygens (including phenoxy) is 1. The Bertz CT molecular complexity index is 955. The van der Waals surface area contributed by atoms with Gasteiger partial charge in [0, 0.05) is 11.3 Å². The van der Waals surface area contributed by atoms with Crippen LogP contribution >= 0.6 is 11.8 Å². The molecule has 1 atom stereocenters. The summed E-state index contributed by atoms with van der Waals surface area (Å²) in [5.74, 6) is -0.550. The Morgan fingerprint density at radius 1 is 0.875 bits per heavy atom. The highest BCUT2D eigenvalue weighted by Gasteiger charge is 2.38. The molecule has 0 radical (unpaired) electrons. The van der Waals surface area contributed by atoms with Gasteiger partial charge in [-0.05, 0) is 23.6 Å². The Kier molecular flexibility index (Phi) is 7.90. The third-order valence-electron chi connectivity index (χ3n) is 5.19. The van der Waals surface area contributed by atoms with Gasteiger partial charge in [-0.3, -0.25) is 4.79 Å². The lowest BCUT2D eigenvalue weighted by Gasteiger charge is -2.36. The van der Waals surface area contributed by atoms with Crippen LogP contribution in [0.2, 0.25) is 0 Å². The number of benzene rings is 3. The first-order valence-corrected chi connectivity index (χ1v) is 11.3. The first-order valence-electron chi connectivity index (χ1n) is 10.3.